The number of hydrogen-bond donors (Lipinski definition) is 4. The Morgan fingerprint density at radius 2 is 1.58 bits per heavy atom. The normalized spacial score (nSPS) is 30.4. The van der Waals surface area contributed by atoms with Crippen molar-refractivity contribution in [3.63, 3.8) is 0 Å². The molecule has 136 valence electrons. The van der Waals surface area contributed by atoms with Crippen molar-refractivity contribution in [2.24, 2.45) is 0 Å². The van der Waals surface area contributed by atoms with Crippen molar-refractivity contribution in [1.82, 2.24) is 0 Å². The molecule has 4 N–H and O–H groups in total. The minimum atomic E-state index is -1.38. The van der Waals surface area contributed by atoms with E-state index in [-0.39, 0.29) is 0 Å². The third-order valence-corrected chi connectivity index (χ3v) is 4.33. The first-order valence-electron chi connectivity index (χ1n) is 8.59. The maximum Gasteiger partial charge on any atom is 0.186 e. The molecule has 0 amide bonds. The molecule has 0 radical (unpaired) electrons. The van der Waals surface area contributed by atoms with Gasteiger partial charge >= 0.3 is 0 Å². The second-order valence-electron chi connectivity index (χ2n) is 6.22. The van der Waals surface area contributed by atoms with Crippen LogP contribution < -0.4 is 0 Å². The Morgan fingerprint density at radius 3 is 2.29 bits per heavy atom. The van der Waals surface area contributed by atoms with Crippen LogP contribution >= 0.6 is 0 Å². The smallest absolute Gasteiger partial charge is 0.186 e. The molecule has 0 saturated carbocycles. The SMILES string of the molecule is OC[C@H]1O[C@@H](OCCCCCCc2ccccc2)[C@H](O)[C@@H](O)[C@@H]1O. The van der Waals surface area contributed by atoms with Crippen molar-refractivity contribution >= 4 is 0 Å². The third-order valence-electron chi connectivity index (χ3n) is 4.33. The predicted octanol–water partition coefficient (Wildman–Crippen LogP) is 0.606. The number of hydrogen-bond acceptors (Lipinski definition) is 6. The number of aryl methyl sites for hydroxylation is 1. The van der Waals surface area contributed by atoms with Crippen molar-refractivity contribution in [2.75, 3.05) is 13.2 Å². The summed E-state index contributed by atoms with van der Waals surface area (Å²) < 4.78 is 10.7. The van der Waals surface area contributed by atoms with Gasteiger partial charge in [-0.25, -0.2) is 0 Å². The fourth-order valence-corrected chi connectivity index (χ4v) is 2.83. The van der Waals surface area contributed by atoms with Gasteiger partial charge in [0.15, 0.2) is 6.29 Å². The molecule has 2 rings (SSSR count). The molecule has 0 bridgehead atoms. The van der Waals surface area contributed by atoms with Gasteiger partial charge < -0.3 is 29.9 Å². The van der Waals surface area contributed by atoms with Crippen molar-refractivity contribution in [3.05, 3.63) is 35.9 Å². The van der Waals surface area contributed by atoms with E-state index in [1.807, 2.05) is 18.2 Å². The van der Waals surface area contributed by atoms with E-state index in [0.29, 0.717) is 6.61 Å². The summed E-state index contributed by atoms with van der Waals surface area (Å²) in [5.74, 6) is 0. The molecule has 0 unspecified atom stereocenters. The lowest BCUT2D eigenvalue weighted by Crippen LogP contribution is -2.59. The highest BCUT2D eigenvalue weighted by atomic mass is 16.7. The predicted molar refractivity (Wildman–Crippen MR) is 88.3 cm³/mol. The first kappa shape index (κ1) is 19.3. The van der Waals surface area contributed by atoms with Crippen LogP contribution in [0.25, 0.3) is 0 Å². The van der Waals surface area contributed by atoms with Gasteiger partial charge in [0.2, 0.25) is 0 Å². The maximum absolute atomic E-state index is 9.85. The Morgan fingerprint density at radius 1 is 0.875 bits per heavy atom. The van der Waals surface area contributed by atoms with Crippen molar-refractivity contribution in [3.8, 4) is 0 Å². The number of aliphatic hydroxyl groups excluding tert-OH is 4. The monoisotopic (exact) mass is 340 g/mol. The van der Waals surface area contributed by atoms with Crippen LogP contribution in [0.2, 0.25) is 0 Å². The Hall–Kier alpha value is -1.02. The van der Waals surface area contributed by atoms with E-state index in [1.54, 1.807) is 0 Å². The summed E-state index contributed by atoms with van der Waals surface area (Å²) in [5.41, 5.74) is 1.34. The minimum absolute atomic E-state index is 0.397. The molecule has 1 aliphatic heterocycles. The quantitative estimate of drug-likeness (QED) is 0.492. The van der Waals surface area contributed by atoms with Crippen LogP contribution in [0.5, 0.6) is 0 Å². The first-order chi connectivity index (χ1) is 11.6. The number of benzene rings is 1. The summed E-state index contributed by atoms with van der Waals surface area (Å²) in [4.78, 5) is 0. The number of unbranched alkanes of at least 4 members (excludes halogenated alkanes) is 3. The van der Waals surface area contributed by atoms with E-state index in [1.165, 1.54) is 5.56 Å². The van der Waals surface area contributed by atoms with Crippen molar-refractivity contribution < 1.29 is 29.9 Å². The number of aliphatic hydroxyl groups is 4. The maximum atomic E-state index is 9.85. The second-order valence-corrected chi connectivity index (χ2v) is 6.22. The zero-order chi connectivity index (χ0) is 17.4. The molecule has 1 aromatic carbocycles. The highest BCUT2D eigenvalue weighted by Crippen LogP contribution is 2.22. The van der Waals surface area contributed by atoms with Crippen LogP contribution in [0.4, 0.5) is 0 Å². The summed E-state index contributed by atoms with van der Waals surface area (Å²) >= 11 is 0. The van der Waals surface area contributed by atoms with Crippen LogP contribution in [0.1, 0.15) is 31.2 Å². The number of rotatable bonds is 9. The summed E-state index contributed by atoms with van der Waals surface area (Å²) in [6.07, 6.45) is -0.890. The molecule has 1 aliphatic rings. The molecular weight excluding hydrogens is 312 g/mol. The van der Waals surface area contributed by atoms with Crippen LogP contribution in [0, 0.1) is 0 Å². The topological polar surface area (TPSA) is 99.4 Å². The molecule has 5 atom stereocenters. The lowest BCUT2D eigenvalue weighted by molar-refractivity contribution is -0.301. The van der Waals surface area contributed by atoms with Crippen LogP contribution in [0.15, 0.2) is 30.3 Å². The molecule has 24 heavy (non-hydrogen) atoms. The molecular formula is C18H28O6. The van der Waals surface area contributed by atoms with Crippen LogP contribution in [-0.2, 0) is 15.9 Å². The Labute approximate surface area is 142 Å². The lowest BCUT2D eigenvalue weighted by Gasteiger charge is -2.39. The highest BCUT2D eigenvalue weighted by Gasteiger charge is 2.43. The standard InChI is InChI=1S/C18H28O6/c19-12-14-15(20)16(21)17(22)18(24-14)23-11-7-2-1-4-8-13-9-5-3-6-10-13/h3,5-6,9-10,14-22H,1-2,4,7-8,11-12H2/t14-,15-,16+,17-,18-/m1/s1. The Bertz CT molecular complexity index is 452. The molecule has 1 heterocycles. The highest BCUT2D eigenvalue weighted by molar-refractivity contribution is 5.14. The van der Waals surface area contributed by atoms with E-state index >= 15 is 0 Å². The zero-order valence-electron chi connectivity index (χ0n) is 13.8. The fourth-order valence-electron chi connectivity index (χ4n) is 2.83. The second kappa shape index (κ2) is 10.1. The van der Waals surface area contributed by atoms with Crippen LogP contribution in [0.3, 0.4) is 0 Å². The van der Waals surface area contributed by atoms with Gasteiger partial charge in [-0.1, -0.05) is 43.2 Å². The van der Waals surface area contributed by atoms with Gasteiger partial charge in [0, 0.05) is 6.61 Å². The molecule has 0 aromatic heterocycles. The minimum Gasteiger partial charge on any atom is -0.394 e. The molecule has 1 fully saturated rings. The van der Waals surface area contributed by atoms with Gasteiger partial charge in [0.25, 0.3) is 0 Å². The van der Waals surface area contributed by atoms with Crippen LogP contribution in [-0.4, -0.2) is 64.3 Å². The summed E-state index contributed by atoms with van der Waals surface area (Å²) in [6.45, 7) is -0.0433. The average molecular weight is 340 g/mol. The molecule has 6 nitrogen and oxygen atoms in total. The van der Waals surface area contributed by atoms with E-state index in [4.69, 9.17) is 14.6 Å². The van der Waals surface area contributed by atoms with Gasteiger partial charge in [-0.3, -0.25) is 0 Å². The zero-order valence-corrected chi connectivity index (χ0v) is 13.8. The summed E-state index contributed by atoms with van der Waals surface area (Å²) in [6, 6.07) is 10.4. The largest absolute Gasteiger partial charge is 0.394 e. The fraction of sp³-hybridized carbons (Fsp3) is 0.667. The summed E-state index contributed by atoms with van der Waals surface area (Å²) in [5, 5.41) is 38.3. The molecule has 1 aromatic rings. The first-order valence-corrected chi connectivity index (χ1v) is 8.59. The average Bonchev–Trinajstić information content (AvgIpc) is 2.61. The molecule has 0 spiro atoms. The number of ether oxygens (including phenoxy) is 2. The van der Waals surface area contributed by atoms with Gasteiger partial charge in [-0.05, 0) is 24.8 Å². The van der Waals surface area contributed by atoms with Gasteiger partial charge in [-0.2, -0.15) is 0 Å². The van der Waals surface area contributed by atoms with E-state index in [9.17, 15) is 15.3 Å². The van der Waals surface area contributed by atoms with E-state index in [0.717, 1.165) is 32.1 Å². The molecule has 0 aliphatic carbocycles. The Kier molecular flexibility index (Phi) is 8.11. The molecule has 6 heteroatoms. The third kappa shape index (κ3) is 5.51. The summed E-state index contributed by atoms with van der Waals surface area (Å²) in [7, 11) is 0. The van der Waals surface area contributed by atoms with Gasteiger partial charge in [0.1, 0.15) is 24.4 Å². The molecule has 1 saturated heterocycles. The van der Waals surface area contributed by atoms with E-state index in [2.05, 4.69) is 12.1 Å². The van der Waals surface area contributed by atoms with E-state index < -0.39 is 37.3 Å². The van der Waals surface area contributed by atoms with Gasteiger partial charge in [0.05, 0.1) is 6.61 Å². The van der Waals surface area contributed by atoms with Crippen molar-refractivity contribution in [2.45, 2.75) is 62.8 Å². The lowest BCUT2D eigenvalue weighted by atomic mass is 9.99. The van der Waals surface area contributed by atoms with Crippen molar-refractivity contribution in [1.29, 1.82) is 0 Å². The Balaban J connectivity index is 1.58. The van der Waals surface area contributed by atoms with Gasteiger partial charge in [-0.15, -0.1) is 0 Å².